The number of rotatable bonds is 13. The fourth-order valence-corrected chi connectivity index (χ4v) is 4.53. The van der Waals surface area contributed by atoms with E-state index in [1.54, 1.807) is 4.74 Å². The van der Waals surface area contributed by atoms with Crippen LogP contribution in [0.15, 0.2) is 0 Å². The number of ether oxygens (including phenoxy) is 4. The summed E-state index contributed by atoms with van der Waals surface area (Å²) in [5.41, 5.74) is 0. The van der Waals surface area contributed by atoms with E-state index >= 15 is 0 Å². The Bertz CT molecular complexity index is 960. The molecule has 0 aromatic carbocycles. The minimum Gasteiger partial charge on any atom is -0.329 e. The van der Waals surface area contributed by atoms with Crippen LogP contribution in [-0.4, -0.2) is 72.0 Å². The van der Waals surface area contributed by atoms with Gasteiger partial charge in [0.15, 0.2) is 0 Å². The van der Waals surface area contributed by atoms with Gasteiger partial charge in [-0.2, -0.15) is 61.5 Å². The van der Waals surface area contributed by atoms with Gasteiger partial charge in [0.1, 0.15) is 0 Å². The van der Waals surface area contributed by atoms with E-state index in [1.165, 1.54) is 9.47 Å². The van der Waals surface area contributed by atoms with Gasteiger partial charge in [-0.25, -0.2) is 18.9 Å². The molecule has 0 aromatic rings. The van der Waals surface area contributed by atoms with Crippen LogP contribution in [-0.2, 0) is 23.7 Å². The lowest BCUT2D eigenvalue weighted by molar-refractivity contribution is -0.579. The van der Waals surface area contributed by atoms with Gasteiger partial charge in [0.05, 0.1) is 0 Å². The van der Waals surface area contributed by atoms with Crippen molar-refractivity contribution in [2.45, 2.75) is 125 Å². The second kappa shape index (κ2) is 12.7. The van der Waals surface area contributed by atoms with Crippen LogP contribution >= 0.6 is 0 Å². The van der Waals surface area contributed by atoms with E-state index in [1.807, 2.05) is 0 Å². The summed E-state index contributed by atoms with van der Waals surface area (Å²) in [5, 5.41) is 0. The fraction of sp³-hybridized carbons (Fsp3) is 0.952. The smallest absolute Gasteiger partial charge is 0.329 e. The van der Waals surface area contributed by atoms with E-state index in [4.69, 9.17) is 0 Å². The number of hydrogen-bond donors (Lipinski definition) is 0. The molecule has 260 valence electrons. The van der Waals surface area contributed by atoms with Crippen LogP contribution in [0.5, 0.6) is 0 Å². The van der Waals surface area contributed by atoms with Crippen molar-refractivity contribution >= 4 is 5.91 Å². The molecule has 0 atom stereocenters. The Kier molecular flexibility index (Phi) is 11.1. The van der Waals surface area contributed by atoms with E-state index in [0.29, 0.717) is 43.4 Å². The molecule has 0 aromatic heterocycles. The molecule has 0 unspecified atom stereocenters. The Balaban J connectivity index is 2.28. The van der Waals surface area contributed by atoms with Crippen LogP contribution in [0.25, 0.3) is 0 Å². The Hall–Kier alpha value is -1.88. The van der Waals surface area contributed by atoms with Crippen molar-refractivity contribution in [1.82, 2.24) is 4.90 Å². The number of alkyl halides is 17. The van der Waals surface area contributed by atoms with Crippen molar-refractivity contribution in [3.63, 3.8) is 0 Å². The molecule has 23 heteroatoms. The summed E-state index contributed by atoms with van der Waals surface area (Å²) in [4.78, 5) is 13.1. The largest absolute Gasteiger partial charge is 0.527 e. The summed E-state index contributed by atoms with van der Waals surface area (Å²) in [7, 11) is 0. The Morgan fingerprint density at radius 1 is 0.432 bits per heavy atom. The Morgan fingerprint density at radius 3 is 1.00 bits per heavy atom. The molecule has 2 saturated carbocycles. The molecule has 2 rings (SSSR count). The maximum absolute atomic E-state index is 14.6. The highest BCUT2D eigenvalue weighted by molar-refractivity contribution is 5.82. The highest BCUT2D eigenvalue weighted by atomic mass is 19.4. The molecule has 0 bridgehead atoms. The third-order valence-electron chi connectivity index (χ3n) is 6.45. The second-order valence-corrected chi connectivity index (χ2v) is 9.77. The van der Waals surface area contributed by atoms with Gasteiger partial charge in [0, 0.05) is 12.1 Å². The van der Waals surface area contributed by atoms with Gasteiger partial charge >= 0.3 is 55.0 Å². The molecule has 0 radical (unpaired) electrons. The molecule has 2 fully saturated rings. The molecular formula is C21H22F17NO5. The van der Waals surface area contributed by atoms with Crippen LogP contribution in [0, 0.1) is 0 Å². The minimum absolute atomic E-state index is 0.0764. The summed E-state index contributed by atoms with van der Waals surface area (Å²) >= 11 is 0. The monoisotopic (exact) mass is 691 g/mol. The van der Waals surface area contributed by atoms with Gasteiger partial charge in [-0.05, 0) is 25.7 Å². The van der Waals surface area contributed by atoms with E-state index in [0.717, 1.165) is 0 Å². The first-order valence-electron chi connectivity index (χ1n) is 12.4. The van der Waals surface area contributed by atoms with Crippen LogP contribution in [0.2, 0.25) is 0 Å². The topological polar surface area (TPSA) is 57.2 Å². The third-order valence-corrected chi connectivity index (χ3v) is 6.45. The maximum Gasteiger partial charge on any atom is 0.527 e. The summed E-state index contributed by atoms with van der Waals surface area (Å²) in [6.45, 7) is 0. The van der Waals surface area contributed by atoms with Gasteiger partial charge in [-0.1, -0.05) is 38.5 Å². The zero-order valence-corrected chi connectivity index (χ0v) is 21.6. The molecule has 0 N–H and O–H groups in total. The van der Waals surface area contributed by atoms with Crippen LogP contribution < -0.4 is 0 Å². The lowest BCUT2D eigenvalue weighted by atomic mass is 9.88. The van der Waals surface area contributed by atoms with Crippen LogP contribution in [0.1, 0.15) is 64.2 Å². The molecule has 0 spiro atoms. The van der Waals surface area contributed by atoms with Crippen molar-refractivity contribution < 1.29 is 98.4 Å². The van der Waals surface area contributed by atoms with Crippen LogP contribution in [0.3, 0.4) is 0 Å². The van der Waals surface area contributed by atoms with Crippen molar-refractivity contribution in [1.29, 1.82) is 0 Å². The van der Waals surface area contributed by atoms with Crippen molar-refractivity contribution in [2.75, 3.05) is 0 Å². The van der Waals surface area contributed by atoms with Gasteiger partial charge in [0.2, 0.25) is 0 Å². The van der Waals surface area contributed by atoms with E-state index < -0.39 is 67.1 Å². The first-order valence-corrected chi connectivity index (χ1v) is 12.4. The predicted molar refractivity (Wildman–Crippen MR) is 106 cm³/mol. The average molecular weight is 691 g/mol. The molecule has 2 aliphatic rings. The van der Waals surface area contributed by atoms with Gasteiger partial charge in [0.25, 0.3) is 0 Å². The number of nitrogens with zero attached hydrogens (tertiary/aromatic N) is 1. The molecule has 0 aliphatic heterocycles. The molecule has 0 saturated heterocycles. The number of carbonyl (C=O) groups is 1. The lowest BCUT2D eigenvalue weighted by Crippen LogP contribution is -2.61. The van der Waals surface area contributed by atoms with Gasteiger partial charge in [-0.15, -0.1) is 13.2 Å². The highest BCUT2D eigenvalue weighted by Crippen LogP contribution is 2.51. The van der Waals surface area contributed by atoms with Gasteiger partial charge < -0.3 is 4.90 Å². The average Bonchev–Trinajstić information content (AvgIpc) is 2.82. The zero-order valence-electron chi connectivity index (χ0n) is 21.6. The third kappa shape index (κ3) is 8.89. The molecule has 6 nitrogen and oxygen atoms in total. The van der Waals surface area contributed by atoms with Crippen molar-refractivity contribution in [2.24, 2.45) is 0 Å². The van der Waals surface area contributed by atoms with Gasteiger partial charge in [-0.3, -0.25) is 4.79 Å². The van der Waals surface area contributed by atoms with E-state index in [-0.39, 0.29) is 25.7 Å². The molecular weight excluding hydrogens is 669 g/mol. The van der Waals surface area contributed by atoms with E-state index in [9.17, 15) is 79.4 Å². The Morgan fingerprint density at radius 2 is 0.705 bits per heavy atom. The van der Waals surface area contributed by atoms with E-state index in [2.05, 4.69) is 4.74 Å². The summed E-state index contributed by atoms with van der Waals surface area (Å²) in [6, 6.07) is -2.03. The summed E-state index contributed by atoms with van der Waals surface area (Å²) in [6.07, 6.45) is -54.2. The Labute approximate surface area is 235 Å². The molecule has 44 heavy (non-hydrogen) atoms. The first kappa shape index (κ1) is 38.3. The fourth-order valence-electron chi connectivity index (χ4n) is 4.53. The number of hydrogen-bond acceptors (Lipinski definition) is 5. The molecule has 2 aliphatic carbocycles. The molecule has 1 amide bonds. The lowest BCUT2D eigenvalue weighted by Gasteiger charge is -2.43. The van der Waals surface area contributed by atoms with Crippen LogP contribution in [0.4, 0.5) is 74.6 Å². The highest BCUT2D eigenvalue weighted by Gasteiger charge is 2.77. The maximum atomic E-state index is 14.6. The second-order valence-electron chi connectivity index (χ2n) is 9.77. The number of amides is 1. The molecule has 0 heterocycles. The summed E-state index contributed by atoms with van der Waals surface area (Å²) in [5.74, 6) is -2.63. The number of carbonyl (C=O) groups excluding carboxylic acids is 1. The normalized spacial score (nSPS) is 19.8. The summed E-state index contributed by atoms with van der Waals surface area (Å²) < 4.78 is 234. The first-order chi connectivity index (χ1) is 19.6. The quantitative estimate of drug-likeness (QED) is 0.182. The number of halogens is 17. The standard InChI is InChI=1S/C21H22F17NO5/c22-14(23,13(40)39(11-7-3-1-4-8-11)12-9-5-2-6-10-12)41-15(24,25)16(26,27)42-17(28,29)18(30,31)43-19(32,33)20(34,35)44-21(36,37)38/h11-12H,1-10H2. The minimum atomic E-state index is -7.62. The van der Waals surface area contributed by atoms with Crippen molar-refractivity contribution in [3.05, 3.63) is 0 Å². The van der Waals surface area contributed by atoms with Crippen molar-refractivity contribution in [3.8, 4) is 0 Å². The zero-order chi connectivity index (χ0) is 34.2. The SMILES string of the molecule is O=C(N(C1CCCCC1)C1CCCCC1)C(F)(F)OC(F)(F)C(F)(F)OC(F)(F)C(F)(F)OC(F)(F)C(F)(F)OC(F)(F)F. The predicted octanol–water partition coefficient (Wildman–Crippen LogP) is 8.22.